The van der Waals surface area contributed by atoms with E-state index in [1.807, 2.05) is 18.7 Å². The Morgan fingerprint density at radius 1 is 1.30 bits per heavy atom. The molecule has 0 aromatic carbocycles. The highest BCUT2D eigenvalue weighted by atomic mass is 19.4. The third-order valence-corrected chi connectivity index (χ3v) is 3.99. The second-order valence-corrected chi connectivity index (χ2v) is 5.78. The average molecular weight is 291 g/mol. The number of piperidine rings is 1. The number of hydrogen-bond donors (Lipinski definition) is 1. The Hall–Kier alpha value is -0.800. The van der Waals surface area contributed by atoms with Crippen LogP contribution in [-0.4, -0.2) is 42.8 Å². The highest BCUT2D eigenvalue weighted by molar-refractivity contribution is 5.04. The Labute approximate surface area is 119 Å². The maximum atomic E-state index is 12.6. The zero-order valence-electron chi connectivity index (χ0n) is 12.3. The van der Waals surface area contributed by atoms with Gasteiger partial charge in [-0.3, -0.25) is 5.32 Å². The van der Waals surface area contributed by atoms with Crippen molar-refractivity contribution < 1.29 is 13.2 Å². The normalized spacial score (nSPS) is 21.4. The first-order chi connectivity index (χ1) is 9.30. The van der Waals surface area contributed by atoms with Gasteiger partial charge in [0.2, 0.25) is 0 Å². The van der Waals surface area contributed by atoms with Gasteiger partial charge < -0.3 is 4.90 Å². The molecule has 20 heavy (non-hydrogen) atoms. The predicted octanol–water partition coefficient (Wildman–Crippen LogP) is 2.93. The molecule has 116 valence electrons. The standard InChI is InChI=1S/C14H24F3N3/c1-3-7-19-13(2,11-18)6-10-20-8-4-12(5-9-20)14(15,16)17/h12,19H,3-10H2,1-2H3. The van der Waals surface area contributed by atoms with E-state index in [4.69, 9.17) is 0 Å². The Morgan fingerprint density at radius 3 is 2.35 bits per heavy atom. The maximum Gasteiger partial charge on any atom is 0.391 e. The van der Waals surface area contributed by atoms with Crippen LogP contribution in [0.1, 0.15) is 39.5 Å². The summed E-state index contributed by atoms with van der Waals surface area (Å²) in [6, 6.07) is 2.27. The van der Waals surface area contributed by atoms with Gasteiger partial charge in [0.15, 0.2) is 0 Å². The van der Waals surface area contributed by atoms with E-state index in [0.717, 1.165) is 13.0 Å². The minimum atomic E-state index is -4.06. The van der Waals surface area contributed by atoms with E-state index < -0.39 is 17.6 Å². The quantitative estimate of drug-likeness (QED) is 0.818. The molecule has 1 aliphatic heterocycles. The van der Waals surface area contributed by atoms with E-state index in [0.29, 0.717) is 26.1 Å². The van der Waals surface area contributed by atoms with Crippen LogP contribution in [0, 0.1) is 17.2 Å². The molecule has 0 aliphatic carbocycles. The van der Waals surface area contributed by atoms with Crippen molar-refractivity contribution in [3.63, 3.8) is 0 Å². The van der Waals surface area contributed by atoms with E-state index in [1.54, 1.807) is 0 Å². The number of rotatable bonds is 6. The molecule has 1 saturated heterocycles. The van der Waals surface area contributed by atoms with E-state index in [9.17, 15) is 18.4 Å². The van der Waals surface area contributed by atoms with Crippen molar-refractivity contribution in [2.75, 3.05) is 26.2 Å². The summed E-state index contributed by atoms with van der Waals surface area (Å²) in [5.41, 5.74) is -0.586. The Kier molecular flexibility index (Phi) is 6.28. The molecule has 6 heteroatoms. The molecule has 1 unspecified atom stereocenters. The van der Waals surface area contributed by atoms with Gasteiger partial charge in [-0.2, -0.15) is 18.4 Å². The summed E-state index contributed by atoms with van der Waals surface area (Å²) in [7, 11) is 0. The van der Waals surface area contributed by atoms with Crippen LogP contribution < -0.4 is 5.32 Å². The second-order valence-electron chi connectivity index (χ2n) is 5.78. The highest BCUT2D eigenvalue weighted by Crippen LogP contribution is 2.34. The number of likely N-dealkylation sites (tertiary alicyclic amines) is 1. The number of hydrogen-bond acceptors (Lipinski definition) is 3. The number of halogens is 3. The maximum absolute atomic E-state index is 12.6. The lowest BCUT2D eigenvalue weighted by molar-refractivity contribution is -0.185. The van der Waals surface area contributed by atoms with Gasteiger partial charge in [0.25, 0.3) is 0 Å². The van der Waals surface area contributed by atoms with Crippen LogP contribution in [0.3, 0.4) is 0 Å². The van der Waals surface area contributed by atoms with Crippen LogP contribution in [0.15, 0.2) is 0 Å². The summed E-state index contributed by atoms with van der Waals surface area (Å²) in [4.78, 5) is 2.03. The Bertz CT molecular complexity index is 330. The van der Waals surface area contributed by atoms with Gasteiger partial charge in [-0.15, -0.1) is 0 Å². The monoisotopic (exact) mass is 291 g/mol. The van der Waals surface area contributed by atoms with Gasteiger partial charge in [0, 0.05) is 6.54 Å². The lowest BCUT2D eigenvalue weighted by atomic mass is 9.94. The van der Waals surface area contributed by atoms with Gasteiger partial charge in [-0.25, -0.2) is 0 Å². The summed E-state index contributed by atoms with van der Waals surface area (Å²) in [5.74, 6) is -1.15. The van der Waals surface area contributed by atoms with Crippen molar-refractivity contribution in [1.29, 1.82) is 5.26 Å². The van der Waals surface area contributed by atoms with E-state index in [-0.39, 0.29) is 12.8 Å². The van der Waals surface area contributed by atoms with Gasteiger partial charge in [0.1, 0.15) is 5.54 Å². The van der Waals surface area contributed by atoms with Crippen molar-refractivity contribution >= 4 is 0 Å². The third-order valence-electron chi connectivity index (χ3n) is 3.99. The molecule has 0 radical (unpaired) electrons. The zero-order chi connectivity index (χ0) is 15.2. The summed E-state index contributed by atoms with van der Waals surface area (Å²) in [5, 5.41) is 12.4. The molecule has 0 bridgehead atoms. The minimum Gasteiger partial charge on any atom is -0.303 e. The lowest BCUT2D eigenvalue weighted by Crippen LogP contribution is -2.46. The smallest absolute Gasteiger partial charge is 0.303 e. The molecule has 1 fully saturated rings. The molecular formula is C14H24F3N3. The molecule has 1 atom stereocenters. The molecule has 1 heterocycles. The molecule has 1 N–H and O–H groups in total. The summed E-state index contributed by atoms with van der Waals surface area (Å²) in [6.45, 7) is 6.28. The topological polar surface area (TPSA) is 39.1 Å². The van der Waals surface area contributed by atoms with Crippen LogP contribution in [-0.2, 0) is 0 Å². The van der Waals surface area contributed by atoms with Crippen LogP contribution in [0.25, 0.3) is 0 Å². The predicted molar refractivity (Wildman–Crippen MR) is 72.1 cm³/mol. The molecule has 1 rings (SSSR count). The summed E-state index contributed by atoms with van der Waals surface area (Å²) >= 11 is 0. The Balaban J connectivity index is 2.35. The van der Waals surface area contributed by atoms with E-state index in [2.05, 4.69) is 11.4 Å². The van der Waals surface area contributed by atoms with Gasteiger partial charge >= 0.3 is 6.18 Å². The number of nitriles is 1. The molecule has 0 spiro atoms. The van der Waals surface area contributed by atoms with E-state index >= 15 is 0 Å². The summed E-state index contributed by atoms with van der Waals surface area (Å²) in [6.07, 6.45) is -2.12. The molecule has 0 amide bonds. The van der Waals surface area contributed by atoms with Gasteiger partial charge in [-0.05, 0) is 52.2 Å². The number of nitrogens with zero attached hydrogens (tertiary/aromatic N) is 2. The number of nitrogens with one attached hydrogen (secondary N) is 1. The van der Waals surface area contributed by atoms with Crippen LogP contribution in [0.2, 0.25) is 0 Å². The van der Waals surface area contributed by atoms with Crippen molar-refractivity contribution in [2.45, 2.75) is 51.2 Å². The minimum absolute atomic E-state index is 0.176. The zero-order valence-corrected chi connectivity index (χ0v) is 12.3. The van der Waals surface area contributed by atoms with Crippen LogP contribution >= 0.6 is 0 Å². The van der Waals surface area contributed by atoms with Gasteiger partial charge in [-0.1, -0.05) is 6.92 Å². The largest absolute Gasteiger partial charge is 0.391 e. The molecule has 3 nitrogen and oxygen atoms in total. The van der Waals surface area contributed by atoms with Crippen LogP contribution in [0.4, 0.5) is 13.2 Å². The van der Waals surface area contributed by atoms with Crippen molar-refractivity contribution in [3.05, 3.63) is 0 Å². The molecule has 0 aromatic rings. The third kappa shape index (κ3) is 5.29. The second kappa shape index (κ2) is 7.28. The molecule has 0 aromatic heterocycles. The van der Waals surface area contributed by atoms with Crippen molar-refractivity contribution in [3.8, 4) is 6.07 Å². The lowest BCUT2D eigenvalue weighted by Gasteiger charge is -2.34. The van der Waals surface area contributed by atoms with Crippen LogP contribution in [0.5, 0.6) is 0 Å². The first kappa shape index (κ1) is 17.3. The molecule has 0 saturated carbocycles. The first-order valence-corrected chi connectivity index (χ1v) is 7.26. The molecular weight excluding hydrogens is 267 g/mol. The fraction of sp³-hybridized carbons (Fsp3) is 0.929. The first-order valence-electron chi connectivity index (χ1n) is 7.26. The van der Waals surface area contributed by atoms with Gasteiger partial charge in [0.05, 0.1) is 12.0 Å². The SMILES string of the molecule is CCCNC(C)(C#N)CCN1CCC(C(F)(F)F)CC1. The highest BCUT2D eigenvalue weighted by Gasteiger charge is 2.41. The average Bonchev–Trinajstić information content (AvgIpc) is 2.42. The van der Waals surface area contributed by atoms with Crippen molar-refractivity contribution in [2.24, 2.45) is 5.92 Å². The molecule has 1 aliphatic rings. The van der Waals surface area contributed by atoms with E-state index in [1.165, 1.54) is 0 Å². The fourth-order valence-corrected chi connectivity index (χ4v) is 2.45. The summed E-state index contributed by atoms with van der Waals surface area (Å²) < 4.78 is 37.7. The Morgan fingerprint density at radius 2 is 1.90 bits per heavy atom. The number of alkyl halides is 3. The van der Waals surface area contributed by atoms with Crippen molar-refractivity contribution in [1.82, 2.24) is 10.2 Å². The fourth-order valence-electron chi connectivity index (χ4n) is 2.45.